The number of nitrogens with zero attached hydrogens (tertiary/aromatic N) is 2. The molecular formula is C33H40FN3O4S. The Labute approximate surface area is 248 Å². The molecule has 42 heavy (non-hydrogen) atoms. The Bertz CT molecular complexity index is 1470. The SMILES string of the molecule is CC[C@H](C(=O)NC1CCCCC1)N(Cc1ccc(F)cc1)C(=O)CN(c1ccc(C)cc1C)S(=O)(=O)c1ccccc1. The van der Waals surface area contributed by atoms with E-state index in [-0.39, 0.29) is 23.4 Å². The molecule has 0 aliphatic heterocycles. The lowest BCUT2D eigenvalue weighted by Crippen LogP contribution is -2.54. The number of halogens is 1. The summed E-state index contributed by atoms with van der Waals surface area (Å²) < 4.78 is 42.8. The lowest BCUT2D eigenvalue weighted by molar-refractivity contribution is -0.140. The number of carbonyl (C=O) groups is 2. The van der Waals surface area contributed by atoms with E-state index in [0.29, 0.717) is 23.2 Å². The highest BCUT2D eigenvalue weighted by atomic mass is 32.2. The molecule has 1 aliphatic rings. The Hall–Kier alpha value is -3.72. The van der Waals surface area contributed by atoms with Crippen molar-refractivity contribution in [1.82, 2.24) is 10.2 Å². The molecule has 3 aromatic rings. The third-order valence-corrected chi connectivity index (χ3v) is 9.61. The second-order valence-electron chi connectivity index (χ2n) is 11.0. The topological polar surface area (TPSA) is 86.8 Å². The van der Waals surface area contributed by atoms with Crippen LogP contribution in [-0.4, -0.2) is 43.8 Å². The minimum Gasteiger partial charge on any atom is -0.352 e. The molecule has 0 radical (unpaired) electrons. The van der Waals surface area contributed by atoms with Crippen LogP contribution in [-0.2, 0) is 26.2 Å². The van der Waals surface area contributed by atoms with E-state index < -0.39 is 34.3 Å². The van der Waals surface area contributed by atoms with Crippen molar-refractivity contribution in [2.24, 2.45) is 0 Å². The highest BCUT2D eigenvalue weighted by molar-refractivity contribution is 7.92. The minimum atomic E-state index is -4.14. The average Bonchev–Trinajstić information content (AvgIpc) is 2.98. The van der Waals surface area contributed by atoms with Gasteiger partial charge in [0.25, 0.3) is 10.0 Å². The highest BCUT2D eigenvalue weighted by Gasteiger charge is 2.34. The molecule has 1 aliphatic carbocycles. The molecule has 4 rings (SSSR count). The van der Waals surface area contributed by atoms with Crippen LogP contribution in [0.2, 0.25) is 0 Å². The molecule has 0 aromatic heterocycles. The third-order valence-electron chi connectivity index (χ3n) is 7.83. The molecule has 1 atom stereocenters. The first-order valence-corrected chi connectivity index (χ1v) is 16.0. The van der Waals surface area contributed by atoms with E-state index in [1.165, 1.54) is 29.2 Å². The van der Waals surface area contributed by atoms with E-state index in [1.54, 1.807) is 36.4 Å². The van der Waals surface area contributed by atoms with Crippen LogP contribution < -0.4 is 9.62 Å². The lowest BCUT2D eigenvalue weighted by Gasteiger charge is -2.34. The van der Waals surface area contributed by atoms with Gasteiger partial charge in [-0.15, -0.1) is 0 Å². The van der Waals surface area contributed by atoms with E-state index in [9.17, 15) is 22.4 Å². The van der Waals surface area contributed by atoms with Crippen LogP contribution in [0.4, 0.5) is 10.1 Å². The number of sulfonamides is 1. The van der Waals surface area contributed by atoms with Gasteiger partial charge < -0.3 is 10.2 Å². The predicted molar refractivity (Wildman–Crippen MR) is 163 cm³/mol. The summed E-state index contributed by atoms with van der Waals surface area (Å²) >= 11 is 0. The number of carbonyl (C=O) groups excluding carboxylic acids is 2. The largest absolute Gasteiger partial charge is 0.352 e. The Balaban J connectivity index is 1.72. The van der Waals surface area contributed by atoms with Gasteiger partial charge in [-0.05, 0) is 74.6 Å². The molecule has 0 bridgehead atoms. The van der Waals surface area contributed by atoms with Gasteiger partial charge in [-0.3, -0.25) is 13.9 Å². The van der Waals surface area contributed by atoms with Crippen molar-refractivity contribution in [2.45, 2.75) is 82.8 Å². The highest BCUT2D eigenvalue weighted by Crippen LogP contribution is 2.28. The molecule has 0 spiro atoms. The zero-order valence-electron chi connectivity index (χ0n) is 24.6. The molecule has 1 saturated carbocycles. The second kappa shape index (κ2) is 14.0. The first-order valence-electron chi connectivity index (χ1n) is 14.6. The van der Waals surface area contributed by atoms with Crippen molar-refractivity contribution in [3.05, 3.63) is 95.3 Å². The van der Waals surface area contributed by atoms with Gasteiger partial charge in [0.1, 0.15) is 18.4 Å². The van der Waals surface area contributed by atoms with Crippen molar-refractivity contribution >= 4 is 27.5 Å². The fourth-order valence-electron chi connectivity index (χ4n) is 5.57. The zero-order chi connectivity index (χ0) is 30.3. The number of nitrogens with one attached hydrogen (secondary N) is 1. The van der Waals surface area contributed by atoms with Crippen LogP contribution >= 0.6 is 0 Å². The fraction of sp³-hybridized carbons (Fsp3) is 0.394. The first kappa shape index (κ1) is 31.2. The van der Waals surface area contributed by atoms with E-state index in [1.807, 2.05) is 32.9 Å². The van der Waals surface area contributed by atoms with Gasteiger partial charge in [0.05, 0.1) is 10.6 Å². The van der Waals surface area contributed by atoms with E-state index >= 15 is 0 Å². The maximum atomic E-state index is 14.2. The van der Waals surface area contributed by atoms with Crippen LogP contribution in [0.1, 0.15) is 62.1 Å². The molecular weight excluding hydrogens is 553 g/mol. The average molecular weight is 594 g/mol. The first-order chi connectivity index (χ1) is 20.1. The molecule has 7 nitrogen and oxygen atoms in total. The van der Waals surface area contributed by atoms with E-state index in [0.717, 1.165) is 42.0 Å². The zero-order valence-corrected chi connectivity index (χ0v) is 25.4. The van der Waals surface area contributed by atoms with Crippen LogP contribution in [0, 0.1) is 19.7 Å². The summed E-state index contributed by atoms with van der Waals surface area (Å²) in [4.78, 5) is 29.3. The fourth-order valence-corrected chi connectivity index (χ4v) is 7.07. The Kier molecular flexibility index (Phi) is 10.4. The smallest absolute Gasteiger partial charge is 0.264 e. The van der Waals surface area contributed by atoms with Crippen molar-refractivity contribution in [3.63, 3.8) is 0 Å². The molecule has 9 heteroatoms. The summed E-state index contributed by atoms with van der Waals surface area (Å²) in [6.07, 6.45) is 5.35. The maximum Gasteiger partial charge on any atom is 0.264 e. The number of aryl methyl sites for hydroxylation is 2. The van der Waals surface area contributed by atoms with E-state index in [2.05, 4.69) is 5.32 Å². The number of hydrogen-bond donors (Lipinski definition) is 1. The normalized spacial score (nSPS) is 14.7. The van der Waals surface area contributed by atoms with Gasteiger partial charge in [-0.2, -0.15) is 0 Å². The summed E-state index contributed by atoms with van der Waals surface area (Å²) in [6.45, 7) is 5.08. The summed E-state index contributed by atoms with van der Waals surface area (Å²) in [7, 11) is -4.14. The standard InChI is InChI=1S/C33H40FN3O4S/c1-4-30(33(39)35-28-11-7-5-8-12-28)36(22-26-16-18-27(34)19-17-26)32(38)23-37(31-20-15-24(2)21-25(31)3)42(40,41)29-13-9-6-10-14-29/h6,9-10,13-21,28,30H,4-5,7-8,11-12,22-23H2,1-3H3,(H,35,39)/t30-/m1/s1. The Morgan fingerprint density at radius 1 is 0.952 bits per heavy atom. The summed E-state index contributed by atoms with van der Waals surface area (Å²) in [5.41, 5.74) is 2.69. The molecule has 0 heterocycles. The molecule has 1 N–H and O–H groups in total. The molecule has 0 saturated heterocycles. The van der Waals surface area contributed by atoms with Crippen molar-refractivity contribution in [1.29, 1.82) is 0 Å². The van der Waals surface area contributed by atoms with Gasteiger partial charge >= 0.3 is 0 Å². The quantitative estimate of drug-likeness (QED) is 0.300. The lowest BCUT2D eigenvalue weighted by atomic mass is 9.95. The number of anilines is 1. The van der Waals surface area contributed by atoms with E-state index in [4.69, 9.17) is 0 Å². The van der Waals surface area contributed by atoms with Crippen molar-refractivity contribution in [2.75, 3.05) is 10.8 Å². The summed E-state index contributed by atoms with van der Waals surface area (Å²) in [5.74, 6) is -1.19. The third kappa shape index (κ3) is 7.56. The van der Waals surface area contributed by atoms with Crippen LogP contribution in [0.15, 0.2) is 77.7 Å². The molecule has 3 aromatic carbocycles. The number of amides is 2. The molecule has 2 amide bonds. The molecule has 224 valence electrons. The minimum absolute atomic E-state index is 0.0296. The second-order valence-corrected chi connectivity index (χ2v) is 12.9. The van der Waals surface area contributed by atoms with Crippen LogP contribution in [0.5, 0.6) is 0 Å². The Morgan fingerprint density at radius 2 is 1.62 bits per heavy atom. The van der Waals surface area contributed by atoms with Gasteiger partial charge in [-0.1, -0.05) is 74.2 Å². The van der Waals surface area contributed by atoms with Gasteiger partial charge in [-0.25, -0.2) is 12.8 Å². The Morgan fingerprint density at radius 3 is 2.24 bits per heavy atom. The van der Waals surface area contributed by atoms with Crippen molar-refractivity contribution < 1.29 is 22.4 Å². The monoisotopic (exact) mass is 593 g/mol. The number of benzene rings is 3. The molecule has 0 unspecified atom stereocenters. The predicted octanol–water partition coefficient (Wildman–Crippen LogP) is 5.89. The maximum absolute atomic E-state index is 14.2. The van der Waals surface area contributed by atoms with Crippen LogP contribution in [0.25, 0.3) is 0 Å². The van der Waals surface area contributed by atoms with Crippen molar-refractivity contribution in [3.8, 4) is 0 Å². The summed E-state index contributed by atoms with van der Waals surface area (Å²) in [6, 6.07) is 18.4. The molecule has 1 fully saturated rings. The summed E-state index contributed by atoms with van der Waals surface area (Å²) in [5, 5.41) is 3.13. The number of rotatable bonds is 11. The van der Waals surface area contributed by atoms with Gasteiger partial charge in [0.15, 0.2) is 0 Å². The number of hydrogen-bond acceptors (Lipinski definition) is 4. The van der Waals surface area contributed by atoms with Gasteiger partial charge in [0.2, 0.25) is 11.8 Å². The van der Waals surface area contributed by atoms with Gasteiger partial charge in [0, 0.05) is 12.6 Å². The van der Waals surface area contributed by atoms with Crippen LogP contribution in [0.3, 0.4) is 0 Å².